The maximum absolute atomic E-state index is 13.1. The van der Waals surface area contributed by atoms with Gasteiger partial charge in [0.25, 0.3) is 11.6 Å². The summed E-state index contributed by atoms with van der Waals surface area (Å²) in [5.74, 6) is -2.33. The van der Waals surface area contributed by atoms with E-state index < -0.39 is 34.9 Å². The molecule has 136 valence electrons. The molecule has 0 radical (unpaired) electrons. The Labute approximate surface area is 151 Å². The molecule has 2 aromatic carbocycles. The number of nitro groups is 1. The first-order valence-corrected chi connectivity index (χ1v) is 7.44. The molecule has 2 rings (SSSR count). The molecule has 0 atom stereocenters. The van der Waals surface area contributed by atoms with Crippen LogP contribution >= 0.6 is 11.6 Å². The van der Waals surface area contributed by atoms with Gasteiger partial charge in [0.2, 0.25) is 0 Å². The molecule has 0 aliphatic rings. The van der Waals surface area contributed by atoms with Crippen molar-refractivity contribution in [3.05, 3.63) is 62.9 Å². The lowest BCUT2D eigenvalue weighted by Crippen LogP contribution is -2.21. The Bertz CT molecular complexity index is 874. The number of methoxy groups -OCH3 is 1. The number of carbonyl (C=O) groups is 2. The minimum absolute atomic E-state index is 0.0144. The first-order valence-electron chi connectivity index (χ1n) is 7.06. The lowest BCUT2D eigenvalue weighted by atomic mass is 10.2. The summed E-state index contributed by atoms with van der Waals surface area (Å²) in [4.78, 5) is 34.0. The second-order valence-electron chi connectivity index (χ2n) is 4.89. The van der Waals surface area contributed by atoms with Crippen LogP contribution in [0.1, 0.15) is 10.4 Å². The number of ether oxygens (including phenoxy) is 2. The fourth-order valence-electron chi connectivity index (χ4n) is 2.00. The van der Waals surface area contributed by atoms with Crippen LogP contribution in [0.2, 0.25) is 5.02 Å². The van der Waals surface area contributed by atoms with Crippen LogP contribution in [0.25, 0.3) is 0 Å². The molecule has 0 heterocycles. The van der Waals surface area contributed by atoms with Gasteiger partial charge in [0.1, 0.15) is 22.8 Å². The van der Waals surface area contributed by atoms with E-state index in [0.717, 1.165) is 12.1 Å². The topological polar surface area (TPSA) is 108 Å². The van der Waals surface area contributed by atoms with Crippen LogP contribution < -0.4 is 10.1 Å². The molecule has 1 amide bonds. The zero-order valence-electron chi connectivity index (χ0n) is 13.3. The highest BCUT2D eigenvalue weighted by Crippen LogP contribution is 2.25. The molecule has 26 heavy (non-hydrogen) atoms. The fraction of sp³-hybridized carbons (Fsp3) is 0.125. The SMILES string of the molecule is COc1ccc(Cl)cc1C(=O)OCC(=O)Nc1ccc(F)cc1[N+](=O)[O-]. The number of hydrogen-bond donors (Lipinski definition) is 1. The number of benzene rings is 2. The number of rotatable bonds is 6. The summed E-state index contributed by atoms with van der Waals surface area (Å²) in [6.07, 6.45) is 0. The Morgan fingerprint density at radius 3 is 2.65 bits per heavy atom. The molecule has 0 aliphatic heterocycles. The Kier molecular flexibility index (Phi) is 6.07. The Morgan fingerprint density at radius 1 is 1.27 bits per heavy atom. The summed E-state index contributed by atoms with van der Waals surface area (Å²) in [5.41, 5.74) is -0.834. The van der Waals surface area contributed by atoms with Crippen molar-refractivity contribution < 1.29 is 28.4 Å². The van der Waals surface area contributed by atoms with Crippen LogP contribution in [0, 0.1) is 15.9 Å². The molecule has 0 spiro atoms. The lowest BCUT2D eigenvalue weighted by molar-refractivity contribution is -0.384. The van der Waals surface area contributed by atoms with Crippen molar-refractivity contribution in [2.45, 2.75) is 0 Å². The summed E-state index contributed by atoms with van der Waals surface area (Å²) < 4.78 is 22.9. The Balaban J connectivity index is 2.05. The van der Waals surface area contributed by atoms with Crippen molar-refractivity contribution in [3.63, 3.8) is 0 Å². The third-order valence-corrected chi connectivity index (χ3v) is 3.38. The normalized spacial score (nSPS) is 10.1. The van der Waals surface area contributed by atoms with Gasteiger partial charge in [-0.2, -0.15) is 0 Å². The van der Waals surface area contributed by atoms with E-state index in [1.165, 1.54) is 25.3 Å². The Morgan fingerprint density at radius 2 is 2.00 bits per heavy atom. The first-order chi connectivity index (χ1) is 12.3. The number of anilines is 1. The van der Waals surface area contributed by atoms with Gasteiger partial charge in [-0.1, -0.05) is 11.6 Å². The quantitative estimate of drug-likeness (QED) is 0.467. The average molecular weight is 383 g/mol. The van der Waals surface area contributed by atoms with Gasteiger partial charge in [0.15, 0.2) is 6.61 Å². The van der Waals surface area contributed by atoms with Gasteiger partial charge in [-0.15, -0.1) is 0 Å². The summed E-state index contributed by atoms with van der Waals surface area (Å²) in [5, 5.41) is 13.3. The molecule has 0 saturated carbocycles. The number of nitrogens with one attached hydrogen (secondary N) is 1. The number of halogens is 2. The van der Waals surface area contributed by atoms with Crippen molar-refractivity contribution in [1.82, 2.24) is 0 Å². The van der Waals surface area contributed by atoms with Crippen molar-refractivity contribution in [2.75, 3.05) is 19.0 Å². The monoisotopic (exact) mass is 382 g/mol. The summed E-state index contributed by atoms with van der Waals surface area (Å²) in [7, 11) is 1.35. The maximum Gasteiger partial charge on any atom is 0.342 e. The highest BCUT2D eigenvalue weighted by atomic mass is 35.5. The predicted octanol–water partition coefficient (Wildman–Crippen LogP) is 3.19. The van der Waals surface area contributed by atoms with Gasteiger partial charge in [-0.3, -0.25) is 14.9 Å². The maximum atomic E-state index is 13.1. The smallest absolute Gasteiger partial charge is 0.342 e. The van der Waals surface area contributed by atoms with E-state index in [0.29, 0.717) is 6.07 Å². The highest BCUT2D eigenvalue weighted by molar-refractivity contribution is 6.31. The number of nitro benzene ring substituents is 1. The van der Waals surface area contributed by atoms with E-state index in [1.54, 1.807) is 0 Å². The second-order valence-corrected chi connectivity index (χ2v) is 5.32. The van der Waals surface area contributed by atoms with Gasteiger partial charge in [-0.25, -0.2) is 9.18 Å². The number of amides is 1. The van der Waals surface area contributed by atoms with E-state index >= 15 is 0 Å². The molecule has 8 nitrogen and oxygen atoms in total. The van der Waals surface area contributed by atoms with E-state index in [1.807, 2.05) is 0 Å². The van der Waals surface area contributed by atoms with Crippen LogP contribution in [0.15, 0.2) is 36.4 Å². The second kappa shape index (κ2) is 8.26. The number of nitrogens with zero attached hydrogens (tertiary/aromatic N) is 1. The minimum Gasteiger partial charge on any atom is -0.496 e. The van der Waals surface area contributed by atoms with Crippen molar-refractivity contribution in [3.8, 4) is 5.75 Å². The van der Waals surface area contributed by atoms with E-state index in [9.17, 15) is 24.1 Å². The molecular formula is C16H12ClFN2O6. The number of hydrogen-bond acceptors (Lipinski definition) is 6. The van der Waals surface area contributed by atoms with Gasteiger partial charge in [0.05, 0.1) is 18.1 Å². The molecule has 0 aromatic heterocycles. The van der Waals surface area contributed by atoms with Gasteiger partial charge >= 0.3 is 5.97 Å². The van der Waals surface area contributed by atoms with Gasteiger partial charge < -0.3 is 14.8 Å². The molecule has 0 fully saturated rings. The van der Waals surface area contributed by atoms with Gasteiger partial charge in [0, 0.05) is 5.02 Å². The number of esters is 1. The molecular weight excluding hydrogens is 371 g/mol. The van der Waals surface area contributed by atoms with Crippen molar-refractivity contribution in [2.24, 2.45) is 0 Å². The zero-order valence-corrected chi connectivity index (χ0v) is 14.1. The van der Waals surface area contributed by atoms with Gasteiger partial charge in [-0.05, 0) is 30.3 Å². The van der Waals surface area contributed by atoms with Crippen LogP contribution in [0.3, 0.4) is 0 Å². The largest absolute Gasteiger partial charge is 0.496 e. The van der Waals surface area contributed by atoms with Crippen molar-refractivity contribution in [1.29, 1.82) is 0 Å². The minimum atomic E-state index is -0.867. The lowest BCUT2D eigenvalue weighted by Gasteiger charge is -2.10. The summed E-state index contributed by atoms with van der Waals surface area (Å²) >= 11 is 5.81. The fourth-order valence-corrected chi connectivity index (χ4v) is 2.17. The number of carbonyl (C=O) groups excluding carboxylic acids is 2. The molecule has 0 unspecified atom stereocenters. The van der Waals surface area contributed by atoms with E-state index in [2.05, 4.69) is 5.32 Å². The van der Waals surface area contributed by atoms with Crippen LogP contribution in [0.4, 0.5) is 15.8 Å². The average Bonchev–Trinajstić information content (AvgIpc) is 2.61. The van der Waals surface area contributed by atoms with Crippen LogP contribution in [-0.2, 0) is 9.53 Å². The first kappa shape index (κ1) is 19.1. The molecule has 1 N–H and O–H groups in total. The molecule has 0 saturated heterocycles. The molecule has 10 heteroatoms. The Hall–Kier alpha value is -3.20. The molecule has 0 bridgehead atoms. The third kappa shape index (κ3) is 4.67. The summed E-state index contributed by atoms with van der Waals surface area (Å²) in [6, 6.07) is 6.93. The van der Waals surface area contributed by atoms with Crippen LogP contribution in [-0.4, -0.2) is 30.5 Å². The van der Waals surface area contributed by atoms with E-state index in [-0.39, 0.29) is 22.0 Å². The molecule has 2 aromatic rings. The summed E-state index contributed by atoms with van der Waals surface area (Å²) in [6.45, 7) is -0.719. The third-order valence-electron chi connectivity index (χ3n) is 3.15. The highest BCUT2D eigenvalue weighted by Gasteiger charge is 2.19. The van der Waals surface area contributed by atoms with Crippen molar-refractivity contribution >= 4 is 34.9 Å². The predicted molar refractivity (Wildman–Crippen MR) is 90.0 cm³/mol. The standard InChI is InChI=1S/C16H12ClFN2O6/c1-25-14-5-2-9(17)6-11(14)16(22)26-8-15(21)19-12-4-3-10(18)7-13(12)20(23)24/h2-7H,8H2,1H3,(H,19,21). The van der Waals surface area contributed by atoms with E-state index in [4.69, 9.17) is 21.1 Å². The molecule has 0 aliphatic carbocycles. The zero-order chi connectivity index (χ0) is 19.3. The van der Waals surface area contributed by atoms with Crippen LogP contribution in [0.5, 0.6) is 5.75 Å².